The van der Waals surface area contributed by atoms with Crippen LogP contribution in [0, 0.1) is 0 Å². The second-order valence-corrected chi connectivity index (χ2v) is 11.5. The van der Waals surface area contributed by atoms with E-state index < -0.39 is 16.9 Å². The molecule has 33 heavy (non-hydrogen) atoms. The van der Waals surface area contributed by atoms with Crippen LogP contribution in [-0.4, -0.2) is 62.8 Å². The van der Waals surface area contributed by atoms with E-state index in [4.69, 9.17) is 5.73 Å². The zero-order valence-corrected chi connectivity index (χ0v) is 20.6. The van der Waals surface area contributed by atoms with E-state index >= 15 is 0 Å². The van der Waals surface area contributed by atoms with Crippen molar-refractivity contribution in [2.75, 3.05) is 38.5 Å². The molecule has 1 aromatic carbocycles. The second-order valence-electron chi connectivity index (χ2n) is 9.20. The number of piperidine rings is 1. The van der Waals surface area contributed by atoms with Gasteiger partial charge in [0.2, 0.25) is 0 Å². The lowest BCUT2D eigenvalue weighted by Crippen LogP contribution is -2.36. The van der Waals surface area contributed by atoms with Gasteiger partial charge in [0.1, 0.15) is 0 Å². The first-order valence-corrected chi connectivity index (χ1v) is 14.1. The molecule has 1 unspecified atom stereocenters. The first-order valence-electron chi connectivity index (χ1n) is 11.9. The normalized spacial score (nSPS) is 19.4. The Morgan fingerprint density at radius 1 is 1.15 bits per heavy atom. The Bertz CT molecular complexity index is 1130. The van der Waals surface area contributed by atoms with Crippen molar-refractivity contribution in [1.82, 2.24) is 14.2 Å². The van der Waals surface area contributed by atoms with Gasteiger partial charge in [0.15, 0.2) is 0 Å². The summed E-state index contributed by atoms with van der Waals surface area (Å²) in [4.78, 5) is 18.0. The molecule has 176 valence electrons. The number of aromatic amines is 1. The largest absolute Gasteiger partial charge is 0.366 e. The number of carbonyl (C=O) groups excluding carboxylic acids is 1. The first kappa shape index (κ1) is 22.8. The number of nitrogens with two attached hydrogens (primary N) is 1. The van der Waals surface area contributed by atoms with Gasteiger partial charge in [-0.2, -0.15) is 11.3 Å². The summed E-state index contributed by atoms with van der Waals surface area (Å²) >= 11 is 1.64. The number of hydrogen-bond donors (Lipinski definition) is 2. The lowest BCUT2D eigenvalue weighted by Gasteiger charge is -2.31. The van der Waals surface area contributed by atoms with Gasteiger partial charge in [-0.3, -0.25) is 4.79 Å². The molecular weight excluding hydrogens is 452 g/mol. The maximum Gasteiger partial charge on any atom is 0.250 e. The first-order chi connectivity index (χ1) is 16.1. The predicted molar refractivity (Wildman–Crippen MR) is 137 cm³/mol. The van der Waals surface area contributed by atoms with Crippen LogP contribution in [-0.2, 0) is 11.0 Å². The van der Waals surface area contributed by atoms with Gasteiger partial charge in [-0.1, -0.05) is 0 Å². The van der Waals surface area contributed by atoms with E-state index in [1.54, 1.807) is 11.3 Å². The van der Waals surface area contributed by atoms with Crippen molar-refractivity contribution in [3.63, 3.8) is 0 Å². The van der Waals surface area contributed by atoms with E-state index in [0.717, 1.165) is 66.7 Å². The Morgan fingerprint density at radius 3 is 2.64 bits per heavy atom. The summed E-state index contributed by atoms with van der Waals surface area (Å²) in [6.07, 6.45) is 7.61. The second kappa shape index (κ2) is 10.1. The molecule has 2 aromatic heterocycles. The third-order valence-electron chi connectivity index (χ3n) is 7.12. The predicted octanol–water partition coefficient (Wildman–Crippen LogP) is 4.32. The number of hydrogen-bond acceptors (Lipinski definition) is 4. The van der Waals surface area contributed by atoms with Crippen LogP contribution in [0.2, 0.25) is 0 Å². The molecule has 3 N–H and O–H groups in total. The van der Waals surface area contributed by atoms with E-state index in [9.17, 15) is 9.00 Å². The molecule has 0 spiro atoms. The number of carbonyl (C=O) groups is 1. The molecule has 2 aliphatic rings. The topological polar surface area (TPSA) is 82.4 Å². The highest BCUT2D eigenvalue weighted by molar-refractivity contribution is 7.82. The summed E-state index contributed by atoms with van der Waals surface area (Å²) in [6, 6.07) is 6.14. The van der Waals surface area contributed by atoms with E-state index in [-0.39, 0.29) is 0 Å². The molecule has 0 bridgehead atoms. The maximum atomic E-state index is 12.8. The summed E-state index contributed by atoms with van der Waals surface area (Å²) in [5.41, 5.74) is 10.5. The van der Waals surface area contributed by atoms with Crippen LogP contribution in [0.25, 0.3) is 22.0 Å². The molecule has 2 saturated heterocycles. The Balaban J connectivity index is 1.27. The number of nitrogens with zero attached hydrogens (tertiary/aromatic N) is 2. The van der Waals surface area contributed by atoms with Crippen molar-refractivity contribution < 1.29 is 9.00 Å². The van der Waals surface area contributed by atoms with E-state index in [0.29, 0.717) is 11.5 Å². The quantitative estimate of drug-likeness (QED) is 0.499. The molecular formula is C25H32N4O2S2. The van der Waals surface area contributed by atoms with Crippen LogP contribution in [0.5, 0.6) is 0 Å². The Kier molecular flexibility index (Phi) is 6.97. The van der Waals surface area contributed by atoms with Gasteiger partial charge in [-0.05, 0) is 103 Å². The molecule has 0 radical (unpaired) electrons. The van der Waals surface area contributed by atoms with Gasteiger partial charge in [-0.15, -0.1) is 0 Å². The van der Waals surface area contributed by atoms with Crippen LogP contribution < -0.4 is 5.73 Å². The SMILES string of the molecule is NC(=O)c1cc(-c2ccsc2)cc2c(C3CCN(S(=O)CCCN4CCCC4)CC3)c[nH]c12. The molecule has 2 fully saturated rings. The van der Waals surface area contributed by atoms with Gasteiger partial charge in [-0.25, -0.2) is 8.51 Å². The molecule has 0 aliphatic carbocycles. The molecule has 1 atom stereocenters. The Labute approximate surface area is 201 Å². The van der Waals surface area contributed by atoms with Crippen molar-refractivity contribution in [3.05, 3.63) is 46.3 Å². The van der Waals surface area contributed by atoms with Gasteiger partial charge < -0.3 is 15.6 Å². The van der Waals surface area contributed by atoms with Crippen molar-refractivity contribution in [2.45, 2.75) is 38.0 Å². The molecule has 4 heterocycles. The number of rotatable bonds is 8. The average Bonchev–Trinajstić information content (AvgIpc) is 3.60. The van der Waals surface area contributed by atoms with Crippen LogP contribution in [0.15, 0.2) is 35.2 Å². The highest BCUT2D eigenvalue weighted by atomic mass is 32.2. The highest BCUT2D eigenvalue weighted by Gasteiger charge is 2.26. The van der Waals surface area contributed by atoms with Gasteiger partial charge in [0, 0.05) is 30.4 Å². The fourth-order valence-electron chi connectivity index (χ4n) is 5.30. The number of H-pyrrole nitrogens is 1. The minimum Gasteiger partial charge on any atom is -0.366 e. The number of primary amides is 1. The fourth-order valence-corrected chi connectivity index (χ4v) is 7.22. The third-order valence-corrected chi connectivity index (χ3v) is 9.38. The molecule has 1 amide bonds. The maximum absolute atomic E-state index is 12.8. The lowest BCUT2D eigenvalue weighted by molar-refractivity contribution is 0.100. The van der Waals surface area contributed by atoms with Gasteiger partial charge in [0.05, 0.1) is 22.1 Å². The number of fused-ring (bicyclic) bond motifs is 1. The third kappa shape index (κ3) is 4.94. The van der Waals surface area contributed by atoms with E-state index in [2.05, 4.69) is 31.7 Å². The minimum atomic E-state index is -0.890. The number of likely N-dealkylation sites (tertiary alicyclic amines) is 1. The lowest BCUT2D eigenvalue weighted by atomic mass is 9.88. The average molecular weight is 485 g/mol. The molecule has 0 saturated carbocycles. The summed E-state index contributed by atoms with van der Waals surface area (Å²) in [5, 5.41) is 5.22. The standard InChI is InChI=1S/C25H32N4O2S2/c26-25(30)22-15-20(19-6-12-32-17-19)14-21-23(16-27-24(21)22)18-4-10-29(11-5-18)33(31)13-3-9-28-7-1-2-8-28/h6,12,14-18,27H,1-5,7-11,13H2,(H2,26,30). The monoisotopic (exact) mass is 484 g/mol. The summed E-state index contributed by atoms with van der Waals surface area (Å²) in [6.45, 7) is 5.18. The number of aromatic nitrogens is 1. The van der Waals surface area contributed by atoms with Crippen LogP contribution in [0.4, 0.5) is 0 Å². The van der Waals surface area contributed by atoms with Gasteiger partial charge >= 0.3 is 0 Å². The fraction of sp³-hybridized carbons (Fsp3) is 0.480. The number of benzene rings is 1. The number of thiophene rings is 1. The van der Waals surface area contributed by atoms with Crippen molar-refractivity contribution in [3.8, 4) is 11.1 Å². The van der Waals surface area contributed by atoms with E-state index in [1.807, 2.05) is 17.6 Å². The van der Waals surface area contributed by atoms with E-state index in [1.165, 1.54) is 31.5 Å². The van der Waals surface area contributed by atoms with Crippen molar-refractivity contribution in [2.24, 2.45) is 5.73 Å². The molecule has 5 rings (SSSR count). The minimum absolute atomic E-state index is 0.384. The van der Waals surface area contributed by atoms with Crippen molar-refractivity contribution in [1.29, 1.82) is 0 Å². The summed E-state index contributed by atoms with van der Waals surface area (Å²) < 4.78 is 15.0. The zero-order chi connectivity index (χ0) is 22.8. The number of nitrogens with one attached hydrogen (secondary N) is 1. The highest BCUT2D eigenvalue weighted by Crippen LogP contribution is 2.37. The summed E-state index contributed by atoms with van der Waals surface area (Å²) in [7, 11) is -0.890. The Hall–Kier alpha value is -2.00. The summed E-state index contributed by atoms with van der Waals surface area (Å²) in [5.74, 6) is 0.736. The molecule has 3 aromatic rings. The van der Waals surface area contributed by atoms with Crippen LogP contribution in [0.3, 0.4) is 0 Å². The Morgan fingerprint density at radius 2 is 1.94 bits per heavy atom. The molecule has 2 aliphatic heterocycles. The van der Waals surface area contributed by atoms with Crippen molar-refractivity contribution >= 4 is 39.1 Å². The molecule has 6 nitrogen and oxygen atoms in total. The number of amides is 1. The molecule has 8 heteroatoms. The smallest absolute Gasteiger partial charge is 0.250 e. The van der Waals surface area contributed by atoms with Crippen LogP contribution in [0.1, 0.15) is 53.9 Å². The zero-order valence-electron chi connectivity index (χ0n) is 18.9. The van der Waals surface area contributed by atoms with Crippen LogP contribution >= 0.6 is 11.3 Å². The van der Waals surface area contributed by atoms with Gasteiger partial charge in [0.25, 0.3) is 5.91 Å².